The monoisotopic (exact) mass is 404 g/mol. The summed E-state index contributed by atoms with van der Waals surface area (Å²) >= 11 is 3.95. The Morgan fingerprint density at radius 3 is 2.90 bits per heavy atom. The summed E-state index contributed by atoms with van der Waals surface area (Å²) in [5, 5.41) is 13.4. The van der Waals surface area contributed by atoms with E-state index in [0.29, 0.717) is 0 Å². The first-order chi connectivity index (χ1) is 9.65. The number of rotatable bonds is 2. The van der Waals surface area contributed by atoms with Crippen molar-refractivity contribution in [1.82, 2.24) is 15.3 Å². The van der Waals surface area contributed by atoms with Crippen molar-refractivity contribution in [3.8, 4) is 0 Å². The molecule has 0 bridgehead atoms. The maximum atomic E-state index is 10.7. The molecule has 6 nitrogen and oxygen atoms in total. The number of thiophene rings is 1. The Hall–Kier alpha value is -1.16. The van der Waals surface area contributed by atoms with Gasteiger partial charge in [-0.25, -0.2) is 14.8 Å². The van der Waals surface area contributed by atoms with E-state index in [1.807, 2.05) is 0 Å². The van der Waals surface area contributed by atoms with Crippen molar-refractivity contribution in [2.75, 3.05) is 18.0 Å². The second kappa shape index (κ2) is 5.68. The predicted octanol–water partition coefficient (Wildman–Crippen LogP) is 2.53. The molecule has 1 amide bonds. The maximum absolute atomic E-state index is 10.7. The molecule has 2 aromatic rings. The highest BCUT2D eigenvalue weighted by atomic mass is 127. The van der Waals surface area contributed by atoms with E-state index in [4.69, 9.17) is 5.11 Å². The molecular formula is C12H13IN4O2S. The van der Waals surface area contributed by atoms with Crippen molar-refractivity contribution in [3.05, 3.63) is 15.3 Å². The number of fused-ring (bicyclic) bond motifs is 1. The van der Waals surface area contributed by atoms with Crippen LogP contribution in [0, 0.1) is 3.57 Å². The Bertz CT molecular complexity index is 639. The van der Waals surface area contributed by atoms with E-state index in [1.165, 1.54) is 0 Å². The van der Waals surface area contributed by atoms with E-state index in [1.54, 1.807) is 17.7 Å². The first-order valence-electron chi connectivity index (χ1n) is 6.27. The van der Waals surface area contributed by atoms with Gasteiger partial charge in [0.1, 0.15) is 12.1 Å². The minimum absolute atomic E-state index is 0.0459. The molecule has 1 fully saturated rings. The fourth-order valence-corrected chi connectivity index (χ4v) is 4.31. The molecule has 0 saturated carbocycles. The zero-order chi connectivity index (χ0) is 14.1. The van der Waals surface area contributed by atoms with E-state index in [-0.39, 0.29) is 6.04 Å². The summed E-state index contributed by atoms with van der Waals surface area (Å²) in [4.78, 5) is 21.6. The average molecular weight is 404 g/mol. The van der Waals surface area contributed by atoms with Crippen LogP contribution < -0.4 is 10.2 Å². The summed E-state index contributed by atoms with van der Waals surface area (Å²) in [5.41, 5.74) is 1.01. The highest BCUT2D eigenvalue weighted by Gasteiger charge is 2.23. The minimum atomic E-state index is -0.944. The number of carboxylic acid groups (broad SMARTS) is 1. The van der Waals surface area contributed by atoms with Crippen LogP contribution in [0.1, 0.15) is 12.8 Å². The maximum Gasteiger partial charge on any atom is 0.404 e. The highest BCUT2D eigenvalue weighted by molar-refractivity contribution is 14.1. The summed E-state index contributed by atoms with van der Waals surface area (Å²) in [6.07, 6.45) is 2.27. The number of piperidine rings is 1. The lowest BCUT2D eigenvalue weighted by Crippen LogP contribution is -2.44. The third-order valence-electron chi connectivity index (χ3n) is 3.41. The Morgan fingerprint density at radius 2 is 2.20 bits per heavy atom. The van der Waals surface area contributed by atoms with Crippen LogP contribution in [0.3, 0.4) is 0 Å². The van der Waals surface area contributed by atoms with Crippen LogP contribution in [-0.4, -0.2) is 40.3 Å². The number of hydrogen-bond donors (Lipinski definition) is 2. The van der Waals surface area contributed by atoms with Gasteiger partial charge in [-0.2, -0.15) is 0 Å². The molecule has 20 heavy (non-hydrogen) atoms. The van der Waals surface area contributed by atoms with Crippen LogP contribution in [-0.2, 0) is 0 Å². The summed E-state index contributed by atoms with van der Waals surface area (Å²) < 4.78 is 2.26. The number of halogens is 1. The molecule has 1 saturated heterocycles. The van der Waals surface area contributed by atoms with Crippen LogP contribution in [0.4, 0.5) is 10.6 Å². The second-order valence-electron chi connectivity index (χ2n) is 4.67. The molecule has 2 N–H and O–H groups in total. The molecule has 1 aliphatic rings. The number of nitrogens with zero attached hydrogens (tertiary/aromatic N) is 3. The van der Waals surface area contributed by atoms with Gasteiger partial charge in [0.05, 0.1) is 13.8 Å². The van der Waals surface area contributed by atoms with Gasteiger partial charge >= 0.3 is 6.09 Å². The average Bonchev–Trinajstić information content (AvgIpc) is 2.81. The molecule has 3 heterocycles. The van der Waals surface area contributed by atoms with Gasteiger partial charge in [0.25, 0.3) is 0 Å². The van der Waals surface area contributed by atoms with Gasteiger partial charge in [0, 0.05) is 24.5 Å². The Morgan fingerprint density at radius 1 is 1.45 bits per heavy atom. The van der Waals surface area contributed by atoms with Crippen LogP contribution in [0.25, 0.3) is 10.2 Å². The quantitative estimate of drug-likeness (QED) is 0.753. The summed E-state index contributed by atoms with van der Waals surface area (Å²) in [7, 11) is 0. The number of anilines is 1. The van der Waals surface area contributed by atoms with Crippen LogP contribution in [0.15, 0.2) is 11.7 Å². The molecule has 0 atom stereocenters. The van der Waals surface area contributed by atoms with Gasteiger partial charge in [-0.1, -0.05) is 0 Å². The Balaban J connectivity index is 1.78. The zero-order valence-electron chi connectivity index (χ0n) is 10.5. The lowest BCUT2D eigenvalue weighted by molar-refractivity contribution is 0.187. The third-order valence-corrected chi connectivity index (χ3v) is 5.62. The fraction of sp³-hybridized carbons (Fsp3) is 0.417. The molecule has 0 aliphatic carbocycles. The van der Waals surface area contributed by atoms with Crippen molar-refractivity contribution >= 4 is 56.1 Å². The molecule has 0 spiro atoms. The van der Waals surface area contributed by atoms with Gasteiger partial charge in [-0.15, -0.1) is 11.3 Å². The number of nitrogens with one attached hydrogen (secondary N) is 1. The standard InChI is InChI=1S/C12H13IN4O2S/c13-8-5-20-10-9(8)14-6-15-11(10)17-3-1-7(2-4-17)16-12(18)19/h5-7,16H,1-4H2,(H,18,19). The number of amides is 1. The van der Waals surface area contributed by atoms with Gasteiger partial charge in [0.15, 0.2) is 0 Å². The first kappa shape index (κ1) is 13.8. The van der Waals surface area contributed by atoms with Crippen molar-refractivity contribution in [2.24, 2.45) is 0 Å². The van der Waals surface area contributed by atoms with Crippen LogP contribution >= 0.6 is 33.9 Å². The lowest BCUT2D eigenvalue weighted by Gasteiger charge is -2.32. The molecule has 0 unspecified atom stereocenters. The molecule has 106 valence electrons. The molecule has 1 aliphatic heterocycles. The van der Waals surface area contributed by atoms with E-state index in [9.17, 15) is 4.79 Å². The number of aromatic nitrogens is 2. The minimum Gasteiger partial charge on any atom is -0.465 e. The molecular weight excluding hydrogens is 391 g/mol. The first-order valence-corrected chi connectivity index (χ1v) is 8.23. The fourth-order valence-electron chi connectivity index (χ4n) is 2.45. The Kier molecular flexibility index (Phi) is 3.92. The van der Waals surface area contributed by atoms with Crippen molar-refractivity contribution < 1.29 is 9.90 Å². The summed E-state index contributed by atoms with van der Waals surface area (Å²) in [5.74, 6) is 0.969. The van der Waals surface area contributed by atoms with E-state index in [0.717, 1.165) is 45.5 Å². The second-order valence-corrected chi connectivity index (χ2v) is 6.71. The smallest absolute Gasteiger partial charge is 0.404 e. The topological polar surface area (TPSA) is 78.4 Å². The molecule has 3 rings (SSSR count). The SMILES string of the molecule is O=C(O)NC1CCN(c2ncnc3c(I)csc23)CC1. The molecule has 2 aromatic heterocycles. The van der Waals surface area contributed by atoms with Gasteiger partial charge in [-0.3, -0.25) is 0 Å². The summed E-state index contributed by atoms with van der Waals surface area (Å²) in [6.45, 7) is 1.62. The van der Waals surface area contributed by atoms with Crippen LogP contribution in [0.5, 0.6) is 0 Å². The van der Waals surface area contributed by atoms with Gasteiger partial charge in [0.2, 0.25) is 0 Å². The van der Waals surface area contributed by atoms with Crippen molar-refractivity contribution in [1.29, 1.82) is 0 Å². The van der Waals surface area contributed by atoms with Crippen molar-refractivity contribution in [3.63, 3.8) is 0 Å². The van der Waals surface area contributed by atoms with Crippen LogP contribution in [0.2, 0.25) is 0 Å². The lowest BCUT2D eigenvalue weighted by atomic mass is 10.1. The predicted molar refractivity (Wildman–Crippen MR) is 86.5 cm³/mol. The van der Waals surface area contributed by atoms with Gasteiger partial charge in [-0.05, 0) is 35.4 Å². The molecule has 0 radical (unpaired) electrons. The van der Waals surface area contributed by atoms with Gasteiger partial charge < -0.3 is 15.3 Å². The van der Waals surface area contributed by atoms with Crippen molar-refractivity contribution in [2.45, 2.75) is 18.9 Å². The summed E-state index contributed by atoms with van der Waals surface area (Å²) in [6, 6.07) is 0.0459. The largest absolute Gasteiger partial charge is 0.465 e. The number of carbonyl (C=O) groups is 1. The van der Waals surface area contributed by atoms with E-state index < -0.39 is 6.09 Å². The molecule has 0 aromatic carbocycles. The van der Waals surface area contributed by atoms with E-state index >= 15 is 0 Å². The molecule has 8 heteroatoms. The Labute approximate surface area is 133 Å². The highest BCUT2D eigenvalue weighted by Crippen LogP contribution is 2.33. The normalized spacial score (nSPS) is 16.6. The van der Waals surface area contributed by atoms with E-state index in [2.05, 4.69) is 48.2 Å². The zero-order valence-corrected chi connectivity index (χ0v) is 13.5. The third kappa shape index (κ3) is 2.66. The number of hydrogen-bond acceptors (Lipinski definition) is 5.